The summed E-state index contributed by atoms with van der Waals surface area (Å²) in [5.41, 5.74) is 3.63. The van der Waals surface area contributed by atoms with Gasteiger partial charge in [-0.15, -0.1) is 0 Å². The molecule has 0 radical (unpaired) electrons. The number of carbonyl (C=O) groups is 1. The minimum Gasteiger partial charge on any atom is -0.476 e. The van der Waals surface area contributed by atoms with Crippen LogP contribution in [0.5, 0.6) is 5.75 Å². The number of hydrogen-bond acceptors (Lipinski definition) is 5. The van der Waals surface area contributed by atoms with Crippen LogP contribution in [-0.4, -0.2) is 39.3 Å². The Morgan fingerprint density at radius 3 is 2.56 bits per heavy atom. The molecule has 178 valence electrons. The number of ether oxygens (including phenoxy) is 1. The van der Waals surface area contributed by atoms with Crippen molar-refractivity contribution in [1.82, 2.24) is 5.32 Å². The summed E-state index contributed by atoms with van der Waals surface area (Å²) in [6, 6.07) is 24.3. The first-order valence-corrected chi connectivity index (χ1v) is 13.9. The van der Waals surface area contributed by atoms with E-state index >= 15 is 0 Å². The van der Waals surface area contributed by atoms with Crippen molar-refractivity contribution in [3.63, 3.8) is 0 Å². The van der Waals surface area contributed by atoms with Gasteiger partial charge in [0.25, 0.3) is 5.91 Å². The highest BCUT2D eigenvalue weighted by molar-refractivity contribution is 7.98. The van der Waals surface area contributed by atoms with Gasteiger partial charge in [0.05, 0.1) is 18.0 Å². The molecular weight excluding hydrogens is 468 g/mol. The number of sulfonamides is 1. The van der Waals surface area contributed by atoms with Gasteiger partial charge in [0.15, 0.2) is 6.10 Å². The van der Waals surface area contributed by atoms with Crippen molar-refractivity contribution in [2.75, 3.05) is 23.1 Å². The largest absolute Gasteiger partial charge is 0.476 e. The fourth-order valence-electron chi connectivity index (χ4n) is 3.82. The molecule has 1 aliphatic heterocycles. The molecule has 34 heavy (non-hydrogen) atoms. The third kappa shape index (κ3) is 6.12. The van der Waals surface area contributed by atoms with Crippen LogP contribution < -0.4 is 14.4 Å². The summed E-state index contributed by atoms with van der Waals surface area (Å²) in [5.74, 6) is 1.55. The Bertz CT molecular complexity index is 1230. The van der Waals surface area contributed by atoms with Gasteiger partial charge in [0.1, 0.15) is 5.75 Å². The number of anilines is 1. The van der Waals surface area contributed by atoms with Gasteiger partial charge < -0.3 is 10.1 Å². The van der Waals surface area contributed by atoms with Gasteiger partial charge in [-0.1, -0.05) is 72.3 Å². The van der Waals surface area contributed by atoms with Crippen molar-refractivity contribution in [3.8, 4) is 5.75 Å². The minimum absolute atomic E-state index is 0.0611. The first kappa shape index (κ1) is 24.2. The lowest BCUT2D eigenvalue weighted by Gasteiger charge is -2.34. The third-order valence-electron chi connectivity index (χ3n) is 5.45. The van der Waals surface area contributed by atoms with Gasteiger partial charge in [0, 0.05) is 18.1 Å². The Morgan fingerprint density at radius 2 is 1.76 bits per heavy atom. The van der Waals surface area contributed by atoms with Crippen molar-refractivity contribution < 1.29 is 17.9 Å². The van der Waals surface area contributed by atoms with E-state index in [-0.39, 0.29) is 18.2 Å². The van der Waals surface area contributed by atoms with Crippen LogP contribution in [0.2, 0.25) is 0 Å². The van der Waals surface area contributed by atoms with Gasteiger partial charge >= 0.3 is 0 Å². The first-order chi connectivity index (χ1) is 16.4. The number of carbonyl (C=O) groups excluding carboxylic acids is 1. The summed E-state index contributed by atoms with van der Waals surface area (Å²) < 4.78 is 33.7. The van der Waals surface area contributed by atoms with Gasteiger partial charge in [-0.2, -0.15) is 11.8 Å². The maximum Gasteiger partial charge on any atom is 0.263 e. The number of hydrogen-bond donors (Lipinski definition) is 1. The smallest absolute Gasteiger partial charge is 0.263 e. The molecule has 1 aliphatic rings. The molecule has 1 heterocycles. The predicted molar refractivity (Wildman–Crippen MR) is 138 cm³/mol. The number of nitrogens with one attached hydrogen (secondary N) is 1. The van der Waals surface area contributed by atoms with E-state index in [9.17, 15) is 13.2 Å². The van der Waals surface area contributed by atoms with Crippen molar-refractivity contribution in [2.24, 2.45) is 0 Å². The van der Waals surface area contributed by atoms with Crippen LogP contribution >= 0.6 is 11.8 Å². The van der Waals surface area contributed by atoms with Crippen LogP contribution in [0.25, 0.3) is 0 Å². The molecule has 0 spiro atoms. The molecule has 1 unspecified atom stereocenters. The average Bonchev–Trinajstić information content (AvgIpc) is 2.83. The van der Waals surface area contributed by atoms with E-state index in [4.69, 9.17) is 4.74 Å². The minimum atomic E-state index is -3.71. The van der Waals surface area contributed by atoms with E-state index in [2.05, 4.69) is 30.4 Å². The molecule has 4 rings (SSSR count). The van der Waals surface area contributed by atoms with Crippen molar-refractivity contribution in [2.45, 2.75) is 24.5 Å². The number of amides is 1. The normalized spacial score (nSPS) is 15.3. The molecule has 8 heteroatoms. The van der Waals surface area contributed by atoms with Crippen molar-refractivity contribution >= 4 is 33.4 Å². The lowest BCUT2D eigenvalue weighted by atomic mass is 10.2. The monoisotopic (exact) mass is 496 g/mol. The summed E-state index contributed by atoms with van der Waals surface area (Å²) in [4.78, 5) is 12.8. The average molecular weight is 497 g/mol. The highest BCUT2D eigenvalue weighted by atomic mass is 32.2. The molecule has 0 aromatic heterocycles. The quantitative estimate of drug-likeness (QED) is 0.451. The zero-order chi connectivity index (χ0) is 24.0. The van der Waals surface area contributed by atoms with Crippen LogP contribution in [0.4, 0.5) is 5.69 Å². The lowest BCUT2D eigenvalue weighted by molar-refractivity contribution is -0.127. The molecule has 0 saturated carbocycles. The first-order valence-electron chi connectivity index (χ1n) is 11.1. The number of aryl methyl sites for hydroxylation is 1. The number of fused-ring (bicyclic) bond motifs is 1. The van der Waals surface area contributed by atoms with Crippen LogP contribution in [0.15, 0.2) is 78.9 Å². The molecule has 1 N–H and O–H groups in total. The number of para-hydroxylation sites is 2. The highest BCUT2D eigenvalue weighted by Gasteiger charge is 2.36. The van der Waals surface area contributed by atoms with Crippen LogP contribution in [-0.2, 0) is 26.3 Å². The lowest BCUT2D eigenvalue weighted by Crippen LogP contribution is -2.51. The van der Waals surface area contributed by atoms with E-state index in [0.717, 1.165) is 11.5 Å². The Labute approximate surface area is 205 Å². The van der Waals surface area contributed by atoms with Gasteiger partial charge in [-0.05, 0) is 30.2 Å². The van der Waals surface area contributed by atoms with Crippen molar-refractivity contribution in [1.29, 1.82) is 0 Å². The molecule has 0 fully saturated rings. The molecule has 0 saturated heterocycles. The molecule has 0 bridgehead atoms. The molecule has 6 nitrogen and oxygen atoms in total. The Kier molecular flexibility index (Phi) is 7.80. The SMILES string of the molecule is Cc1cccc(CSCCNC(=O)C2CN(S(=O)(=O)Cc3ccccc3)c3ccccc3O2)c1. The molecule has 0 aliphatic carbocycles. The number of benzene rings is 3. The fraction of sp³-hybridized carbons (Fsp3) is 0.269. The second-order valence-corrected chi connectivity index (χ2v) is 11.2. The summed E-state index contributed by atoms with van der Waals surface area (Å²) in [6.45, 7) is 2.49. The third-order valence-corrected chi connectivity index (χ3v) is 8.20. The fourth-order valence-corrected chi connectivity index (χ4v) is 6.21. The maximum atomic E-state index is 13.3. The standard InChI is InChI=1S/C26H28N2O4S2/c1-20-8-7-11-22(16-20)18-33-15-14-27-26(29)25-17-28(23-12-5-6-13-24(23)32-25)34(30,31)19-21-9-3-2-4-10-21/h2-13,16,25H,14-15,17-19H2,1H3,(H,27,29). The molecule has 3 aromatic rings. The molecule has 1 amide bonds. The number of nitrogens with zero attached hydrogens (tertiary/aromatic N) is 1. The Hall–Kier alpha value is -2.97. The van der Waals surface area contributed by atoms with E-state index in [1.54, 1.807) is 48.2 Å². The zero-order valence-corrected chi connectivity index (χ0v) is 20.6. The van der Waals surface area contributed by atoms with Crippen LogP contribution in [0.3, 0.4) is 0 Å². The van der Waals surface area contributed by atoms with E-state index in [1.807, 2.05) is 24.3 Å². The van der Waals surface area contributed by atoms with Gasteiger partial charge in [-0.25, -0.2) is 8.42 Å². The predicted octanol–water partition coefficient (Wildman–Crippen LogP) is 4.14. The topological polar surface area (TPSA) is 75.7 Å². The highest BCUT2D eigenvalue weighted by Crippen LogP contribution is 2.35. The Balaban J connectivity index is 1.37. The van der Waals surface area contributed by atoms with Gasteiger partial charge in [-0.3, -0.25) is 9.10 Å². The zero-order valence-electron chi connectivity index (χ0n) is 19.0. The second kappa shape index (κ2) is 11.0. The van der Waals surface area contributed by atoms with Crippen molar-refractivity contribution in [3.05, 3.63) is 95.6 Å². The summed E-state index contributed by atoms with van der Waals surface area (Å²) in [5, 5.41) is 2.90. The van der Waals surface area contributed by atoms with E-state index in [1.165, 1.54) is 15.4 Å². The van der Waals surface area contributed by atoms with E-state index in [0.29, 0.717) is 23.5 Å². The summed E-state index contributed by atoms with van der Waals surface area (Å²) in [6.07, 6.45) is -0.915. The number of thioether (sulfide) groups is 1. The van der Waals surface area contributed by atoms with E-state index < -0.39 is 16.1 Å². The molecular formula is C26H28N2O4S2. The maximum absolute atomic E-state index is 13.3. The summed E-state index contributed by atoms with van der Waals surface area (Å²) >= 11 is 1.74. The summed E-state index contributed by atoms with van der Waals surface area (Å²) in [7, 11) is -3.71. The Morgan fingerprint density at radius 1 is 1.03 bits per heavy atom. The van der Waals surface area contributed by atoms with Crippen LogP contribution in [0.1, 0.15) is 16.7 Å². The second-order valence-electron chi connectivity index (χ2n) is 8.18. The van der Waals surface area contributed by atoms with Crippen LogP contribution in [0, 0.1) is 6.92 Å². The molecule has 1 atom stereocenters. The van der Waals surface area contributed by atoms with Gasteiger partial charge in [0.2, 0.25) is 10.0 Å². The molecule has 3 aromatic carbocycles. The number of rotatable bonds is 9.